The molecule has 0 aliphatic heterocycles. The van der Waals surface area contributed by atoms with Crippen LogP contribution < -0.4 is 0 Å². The Morgan fingerprint density at radius 1 is 1.23 bits per heavy atom. The fraction of sp³-hybridized carbons (Fsp3) is 0.900. The summed E-state index contributed by atoms with van der Waals surface area (Å²) in [5.41, 5.74) is -0.221. The van der Waals surface area contributed by atoms with E-state index in [0.29, 0.717) is 0 Å². The second-order valence-electron chi connectivity index (χ2n) is 4.25. The molecule has 0 bridgehead atoms. The minimum absolute atomic E-state index is 0.118. The number of carbonyl (C=O) groups is 1. The molecule has 0 fully saturated rings. The van der Waals surface area contributed by atoms with Gasteiger partial charge in [-0.25, -0.2) is 0 Å². The van der Waals surface area contributed by atoms with Gasteiger partial charge in [-0.1, -0.05) is 0 Å². The van der Waals surface area contributed by atoms with Gasteiger partial charge in [-0.3, -0.25) is 4.79 Å². The Bertz CT molecular complexity index is 169. The van der Waals surface area contributed by atoms with E-state index in [4.69, 9.17) is 4.74 Å². The van der Waals surface area contributed by atoms with Crippen molar-refractivity contribution in [2.75, 3.05) is 7.11 Å². The van der Waals surface area contributed by atoms with Crippen molar-refractivity contribution in [3.63, 3.8) is 0 Å². The number of carbonyl (C=O) groups excluding carboxylic acids is 1. The molecule has 2 atom stereocenters. The van der Waals surface area contributed by atoms with Gasteiger partial charge in [0.05, 0.1) is 24.7 Å². The molecule has 0 heterocycles. The Morgan fingerprint density at radius 3 is 2.00 bits per heavy atom. The second-order valence-corrected chi connectivity index (χ2v) is 4.25. The van der Waals surface area contributed by atoms with E-state index in [1.807, 2.05) is 34.6 Å². The molecular weight excluding hydrogens is 168 g/mol. The van der Waals surface area contributed by atoms with Gasteiger partial charge in [0.1, 0.15) is 0 Å². The average molecular weight is 188 g/mol. The van der Waals surface area contributed by atoms with Crippen molar-refractivity contribution in [1.82, 2.24) is 0 Å². The number of hydrogen-bond acceptors (Lipinski definition) is 3. The molecule has 0 aliphatic carbocycles. The predicted molar refractivity (Wildman–Crippen MR) is 51.5 cm³/mol. The fourth-order valence-corrected chi connectivity index (χ4v) is 1.04. The molecule has 0 amide bonds. The quantitative estimate of drug-likeness (QED) is 0.635. The SMILES string of the molecule is COC(=O)[C@H](C)C(C)OC(C)(C)C. The van der Waals surface area contributed by atoms with Crippen LogP contribution in [0.4, 0.5) is 0 Å². The molecule has 0 N–H and O–H groups in total. The van der Waals surface area contributed by atoms with Crippen LogP contribution in [0.1, 0.15) is 34.6 Å². The molecule has 13 heavy (non-hydrogen) atoms. The number of hydrogen-bond donors (Lipinski definition) is 0. The molecular formula is C10H20O3. The van der Waals surface area contributed by atoms with Gasteiger partial charge in [-0.2, -0.15) is 0 Å². The van der Waals surface area contributed by atoms with E-state index in [-0.39, 0.29) is 23.6 Å². The van der Waals surface area contributed by atoms with Crippen LogP contribution >= 0.6 is 0 Å². The first-order chi connectivity index (χ1) is 5.78. The average Bonchev–Trinajstić information content (AvgIpc) is 1.98. The first-order valence-corrected chi connectivity index (χ1v) is 4.53. The Labute approximate surface area is 80.4 Å². The summed E-state index contributed by atoms with van der Waals surface area (Å²) in [6.45, 7) is 9.59. The number of rotatable bonds is 3. The summed E-state index contributed by atoms with van der Waals surface area (Å²) in [7, 11) is 1.39. The van der Waals surface area contributed by atoms with Gasteiger partial charge in [-0.05, 0) is 34.6 Å². The summed E-state index contributed by atoms with van der Waals surface area (Å²) in [6, 6.07) is 0. The molecule has 0 aromatic carbocycles. The zero-order chi connectivity index (χ0) is 10.6. The van der Waals surface area contributed by atoms with Gasteiger partial charge >= 0.3 is 5.97 Å². The third-order valence-electron chi connectivity index (χ3n) is 1.82. The summed E-state index contributed by atoms with van der Waals surface area (Å²) >= 11 is 0. The molecule has 0 saturated carbocycles. The molecule has 3 nitrogen and oxygen atoms in total. The van der Waals surface area contributed by atoms with Gasteiger partial charge in [0.15, 0.2) is 0 Å². The Hall–Kier alpha value is -0.570. The fourth-order valence-electron chi connectivity index (χ4n) is 1.04. The smallest absolute Gasteiger partial charge is 0.311 e. The summed E-state index contributed by atoms with van der Waals surface area (Å²) < 4.78 is 10.3. The molecule has 0 aromatic heterocycles. The van der Waals surface area contributed by atoms with Crippen LogP contribution in [-0.2, 0) is 14.3 Å². The highest BCUT2D eigenvalue weighted by Crippen LogP contribution is 2.17. The molecule has 1 unspecified atom stereocenters. The first kappa shape index (κ1) is 12.4. The van der Waals surface area contributed by atoms with Crippen molar-refractivity contribution < 1.29 is 14.3 Å². The number of methoxy groups -OCH3 is 1. The van der Waals surface area contributed by atoms with Crippen LogP contribution in [-0.4, -0.2) is 24.8 Å². The zero-order valence-electron chi connectivity index (χ0n) is 9.38. The minimum Gasteiger partial charge on any atom is -0.469 e. The summed E-state index contributed by atoms with van der Waals surface area (Å²) in [5.74, 6) is -0.444. The standard InChI is InChI=1S/C10H20O3/c1-7(9(11)12-6)8(2)13-10(3,4)5/h7-8H,1-6H3/t7-,8?/m1/s1. The molecule has 0 rings (SSSR count). The Balaban J connectivity index is 4.11. The highest BCUT2D eigenvalue weighted by molar-refractivity contribution is 5.72. The van der Waals surface area contributed by atoms with Gasteiger partial charge in [0.2, 0.25) is 0 Å². The van der Waals surface area contributed by atoms with E-state index in [1.54, 1.807) is 0 Å². The highest BCUT2D eigenvalue weighted by atomic mass is 16.5. The van der Waals surface area contributed by atoms with Crippen LogP contribution in [0.2, 0.25) is 0 Å². The molecule has 0 spiro atoms. The van der Waals surface area contributed by atoms with Crippen LogP contribution in [0.25, 0.3) is 0 Å². The highest BCUT2D eigenvalue weighted by Gasteiger charge is 2.25. The van der Waals surface area contributed by atoms with E-state index in [0.717, 1.165) is 0 Å². The lowest BCUT2D eigenvalue weighted by Crippen LogP contribution is -2.33. The zero-order valence-corrected chi connectivity index (χ0v) is 9.38. The first-order valence-electron chi connectivity index (χ1n) is 4.53. The lowest BCUT2D eigenvalue weighted by Gasteiger charge is -2.27. The monoisotopic (exact) mass is 188 g/mol. The number of ether oxygens (including phenoxy) is 2. The lowest BCUT2D eigenvalue weighted by atomic mass is 10.1. The van der Waals surface area contributed by atoms with E-state index < -0.39 is 0 Å². The molecule has 0 radical (unpaired) electrons. The van der Waals surface area contributed by atoms with Gasteiger partial charge in [0, 0.05) is 0 Å². The van der Waals surface area contributed by atoms with E-state index in [9.17, 15) is 4.79 Å². The van der Waals surface area contributed by atoms with Gasteiger partial charge < -0.3 is 9.47 Å². The summed E-state index contributed by atoms with van der Waals surface area (Å²) in [6.07, 6.45) is -0.118. The maximum Gasteiger partial charge on any atom is 0.311 e. The maximum atomic E-state index is 11.1. The van der Waals surface area contributed by atoms with Crippen molar-refractivity contribution in [1.29, 1.82) is 0 Å². The van der Waals surface area contributed by atoms with E-state index in [1.165, 1.54) is 7.11 Å². The van der Waals surface area contributed by atoms with Crippen LogP contribution in [0.5, 0.6) is 0 Å². The Morgan fingerprint density at radius 2 is 1.69 bits per heavy atom. The van der Waals surface area contributed by atoms with E-state index in [2.05, 4.69) is 4.74 Å². The predicted octanol–water partition coefficient (Wildman–Crippen LogP) is 2.00. The van der Waals surface area contributed by atoms with Crippen molar-refractivity contribution in [2.24, 2.45) is 5.92 Å². The van der Waals surface area contributed by atoms with Gasteiger partial charge in [-0.15, -0.1) is 0 Å². The summed E-state index contributed by atoms with van der Waals surface area (Å²) in [5, 5.41) is 0. The molecule has 0 aliphatic rings. The van der Waals surface area contributed by atoms with Crippen LogP contribution in [0.15, 0.2) is 0 Å². The molecule has 78 valence electrons. The maximum absolute atomic E-state index is 11.1. The van der Waals surface area contributed by atoms with Crippen molar-refractivity contribution in [3.05, 3.63) is 0 Å². The third-order valence-corrected chi connectivity index (χ3v) is 1.82. The topological polar surface area (TPSA) is 35.5 Å². The van der Waals surface area contributed by atoms with Gasteiger partial charge in [0.25, 0.3) is 0 Å². The Kier molecular flexibility index (Phi) is 4.40. The largest absolute Gasteiger partial charge is 0.469 e. The molecule has 0 saturated heterocycles. The van der Waals surface area contributed by atoms with E-state index >= 15 is 0 Å². The van der Waals surface area contributed by atoms with Crippen molar-refractivity contribution >= 4 is 5.97 Å². The van der Waals surface area contributed by atoms with Crippen LogP contribution in [0.3, 0.4) is 0 Å². The normalized spacial score (nSPS) is 16.5. The number of esters is 1. The molecule has 0 aromatic rings. The third kappa shape index (κ3) is 4.88. The lowest BCUT2D eigenvalue weighted by molar-refractivity contribution is -0.154. The van der Waals surface area contributed by atoms with Crippen molar-refractivity contribution in [3.8, 4) is 0 Å². The summed E-state index contributed by atoms with van der Waals surface area (Å²) in [4.78, 5) is 11.1. The van der Waals surface area contributed by atoms with Crippen LogP contribution in [0, 0.1) is 5.92 Å². The molecule has 3 heteroatoms. The second kappa shape index (κ2) is 4.61. The minimum atomic E-state index is -0.225. The van der Waals surface area contributed by atoms with Crippen molar-refractivity contribution in [2.45, 2.75) is 46.3 Å².